The van der Waals surface area contributed by atoms with Gasteiger partial charge in [0.15, 0.2) is 0 Å². The summed E-state index contributed by atoms with van der Waals surface area (Å²) in [7, 11) is 0. The summed E-state index contributed by atoms with van der Waals surface area (Å²) in [5.41, 5.74) is -0.419. The average molecular weight is 337 g/mol. The molecule has 2 aromatic rings. The van der Waals surface area contributed by atoms with E-state index < -0.39 is 30.0 Å². The molecule has 0 fully saturated rings. The van der Waals surface area contributed by atoms with Crippen LogP contribution >= 0.6 is 0 Å². The number of hydrogen-bond donors (Lipinski definition) is 1. The molecule has 128 valence electrons. The van der Waals surface area contributed by atoms with E-state index in [9.17, 15) is 18.0 Å². The molecule has 0 atom stereocenters. The summed E-state index contributed by atoms with van der Waals surface area (Å²) in [6.07, 6.45) is 1.80. The summed E-state index contributed by atoms with van der Waals surface area (Å²) >= 11 is 0. The molecular formula is C17H18F3N3O. The number of fused-ring (bicyclic) bond motifs is 1. The van der Waals surface area contributed by atoms with Gasteiger partial charge in [0.25, 0.3) is 0 Å². The van der Waals surface area contributed by atoms with Gasteiger partial charge in [0.05, 0.1) is 11.0 Å². The Kier molecular flexibility index (Phi) is 4.88. The molecule has 0 bridgehead atoms. The highest BCUT2D eigenvalue weighted by Gasteiger charge is 2.38. The number of nitrogens with one attached hydrogen (secondary N) is 1. The van der Waals surface area contributed by atoms with E-state index in [1.807, 2.05) is 13.8 Å². The van der Waals surface area contributed by atoms with Crippen molar-refractivity contribution in [3.8, 4) is 12.3 Å². The summed E-state index contributed by atoms with van der Waals surface area (Å²) in [6, 6.07) is 6.17. The second kappa shape index (κ2) is 6.56. The summed E-state index contributed by atoms with van der Waals surface area (Å²) in [5.74, 6) is 0.851. The Hall–Kier alpha value is -2.49. The van der Waals surface area contributed by atoms with Crippen molar-refractivity contribution < 1.29 is 18.0 Å². The molecule has 7 heteroatoms. The highest BCUT2D eigenvalue weighted by molar-refractivity contribution is 5.82. The lowest BCUT2D eigenvalue weighted by Crippen LogP contribution is -2.47. The molecule has 24 heavy (non-hydrogen) atoms. The first-order valence-electron chi connectivity index (χ1n) is 7.57. The predicted molar refractivity (Wildman–Crippen MR) is 85.0 cm³/mol. The number of aromatic nitrogens is 2. The van der Waals surface area contributed by atoms with Gasteiger partial charge in [-0.3, -0.25) is 4.79 Å². The van der Waals surface area contributed by atoms with Gasteiger partial charge >= 0.3 is 6.18 Å². The number of hydrogen-bond acceptors (Lipinski definition) is 2. The summed E-state index contributed by atoms with van der Waals surface area (Å²) in [5, 5.41) is 2.67. The van der Waals surface area contributed by atoms with Gasteiger partial charge in [-0.1, -0.05) is 31.9 Å². The van der Waals surface area contributed by atoms with Crippen LogP contribution in [-0.4, -0.2) is 21.0 Å². The Bertz CT molecular complexity index is 782. The maximum atomic E-state index is 13.2. The molecule has 0 saturated carbocycles. The number of rotatable bonds is 5. The zero-order chi connectivity index (χ0) is 18.0. The normalized spacial score (nSPS) is 12.2. The standard InChI is InChI=1S/C17H18F3N3O/c1-4-16(5-2,6-3)22-14(24)11-23-13-10-8-7-9-12(13)21-15(23)17(18,19)20/h1,7-10H,5-6,11H2,2-3H3,(H,22,24). The monoisotopic (exact) mass is 337 g/mol. The lowest BCUT2D eigenvalue weighted by atomic mass is 9.94. The number of amides is 1. The third-order valence-corrected chi connectivity index (χ3v) is 4.07. The van der Waals surface area contributed by atoms with Crippen LogP contribution in [0.15, 0.2) is 24.3 Å². The fraction of sp³-hybridized carbons (Fsp3) is 0.412. The molecule has 0 spiro atoms. The number of halogens is 3. The predicted octanol–water partition coefficient (Wildman–Crippen LogP) is 3.36. The quantitative estimate of drug-likeness (QED) is 0.851. The van der Waals surface area contributed by atoms with E-state index in [1.165, 1.54) is 12.1 Å². The van der Waals surface area contributed by atoms with Crippen LogP contribution in [0.25, 0.3) is 11.0 Å². The molecule has 4 nitrogen and oxygen atoms in total. The Morgan fingerprint density at radius 3 is 2.46 bits per heavy atom. The molecule has 0 aliphatic rings. The highest BCUT2D eigenvalue weighted by Crippen LogP contribution is 2.31. The highest BCUT2D eigenvalue weighted by atomic mass is 19.4. The number of terminal acetylenes is 1. The zero-order valence-electron chi connectivity index (χ0n) is 13.4. The second-order valence-electron chi connectivity index (χ2n) is 5.49. The Labute approximate surface area is 138 Å². The summed E-state index contributed by atoms with van der Waals surface area (Å²) in [4.78, 5) is 15.9. The van der Waals surface area contributed by atoms with E-state index in [2.05, 4.69) is 16.2 Å². The molecule has 0 radical (unpaired) electrons. The summed E-state index contributed by atoms with van der Waals surface area (Å²) < 4.78 is 40.6. The van der Waals surface area contributed by atoms with E-state index in [-0.39, 0.29) is 11.0 Å². The maximum Gasteiger partial charge on any atom is 0.449 e. The van der Waals surface area contributed by atoms with Gasteiger partial charge in [-0.05, 0) is 25.0 Å². The molecule has 1 N–H and O–H groups in total. The van der Waals surface area contributed by atoms with Gasteiger partial charge in [0, 0.05) is 0 Å². The minimum absolute atomic E-state index is 0.187. The largest absolute Gasteiger partial charge is 0.449 e. The third kappa shape index (κ3) is 3.37. The van der Waals surface area contributed by atoms with Crippen molar-refractivity contribution in [3.05, 3.63) is 30.1 Å². The lowest BCUT2D eigenvalue weighted by Gasteiger charge is -2.27. The van der Waals surface area contributed by atoms with E-state index in [0.29, 0.717) is 12.8 Å². The minimum atomic E-state index is -4.65. The average Bonchev–Trinajstić information content (AvgIpc) is 2.92. The SMILES string of the molecule is C#CC(CC)(CC)NC(=O)Cn1c(C(F)(F)F)nc2ccccc21. The fourth-order valence-electron chi connectivity index (χ4n) is 2.57. The molecule has 0 aliphatic heterocycles. The topological polar surface area (TPSA) is 46.9 Å². The number of carbonyl (C=O) groups is 1. The maximum absolute atomic E-state index is 13.2. The number of carbonyl (C=O) groups excluding carboxylic acids is 1. The van der Waals surface area contributed by atoms with Gasteiger partial charge < -0.3 is 9.88 Å². The molecule has 0 unspecified atom stereocenters. The zero-order valence-corrected chi connectivity index (χ0v) is 13.4. The van der Waals surface area contributed by atoms with Crippen molar-refractivity contribution in [1.29, 1.82) is 0 Å². The molecule has 1 aromatic heterocycles. The van der Waals surface area contributed by atoms with E-state index in [1.54, 1.807) is 12.1 Å². The number of benzene rings is 1. The Morgan fingerprint density at radius 1 is 1.29 bits per heavy atom. The molecule has 1 amide bonds. The lowest BCUT2D eigenvalue weighted by molar-refractivity contribution is -0.147. The van der Waals surface area contributed by atoms with Crippen molar-refractivity contribution >= 4 is 16.9 Å². The number of imidazole rings is 1. The molecule has 1 aromatic carbocycles. The van der Waals surface area contributed by atoms with Crippen molar-refractivity contribution in [3.63, 3.8) is 0 Å². The van der Waals surface area contributed by atoms with Crippen LogP contribution in [0.2, 0.25) is 0 Å². The minimum Gasteiger partial charge on any atom is -0.338 e. The van der Waals surface area contributed by atoms with Gasteiger partial charge in [-0.25, -0.2) is 4.98 Å². The number of nitrogens with zero attached hydrogens (tertiary/aromatic N) is 2. The van der Waals surface area contributed by atoms with Crippen LogP contribution in [0.1, 0.15) is 32.5 Å². The van der Waals surface area contributed by atoms with Gasteiger partial charge in [-0.2, -0.15) is 13.2 Å². The van der Waals surface area contributed by atoms with E-state index >= 15 is 0 Å². The first-order chi connectivity index (χ1) is 11.3. The van der Waals surface area contributed by atoms with Gasteiger partial charge in [0.2, 0.25) is 11.7 Å². The third-order valence-electron chi connectivity index (χ3n) is 4.07. The van der Waals surface area contributed by atoms with Crippen molar-refractivity contribution in [1.82, 2.24) is 14.9 Å². The van der Waals surface area contributed by atoms with Crippen LogP contribution < -0.4 is 5.32 Å². The fourth-order valence-corrected chi connectivity index (χ4v) is 2.57. The van der Waals surface area contributed by atoms with Crippen LogP contribution in [-0.2, 0) is 17.5 Å². The van der Waals surface area contributed by atoms with Crippen LogP contribution in [0.3, 0.4) is 0 Å². The smallest absolute Gasteiger partial charge is 0.338 e. The van der Waals surface area contributed by atoms with Crippen LogP contribution in [0.5, 0.6) is 0 Å². The summed E-state index contributed by atoms with van der Waals surface area (Å²) in [6.45, 7) is 3.13. The second-order valence-corrected chi connectivity index (χ2v) is 5.49. The Morgan fingerprint density at radius 2 is 1.92 bits per heavy atom. The molecular weight excluding hydrogens is 319 g/mol. The molecule has 1 heterocycles. The van der Waals surface area contributed by atoms with Crippen molar-refractivity contribution in [2.45, 2.75) is 44.9 Å². The Balaban J connectivity index is 2.39. The van der Waals surface area contributed by atoms with Crippen LogP contribution in [0, 0.1) is 12.3 Å². The number of alkyl halides is 3. The van der Waals surface area contributed by atoms with Gasteiger partial charge in [-0.15, -0.1) is 6.42 Å². The number of para-hydroxylation sites is 2. The first kappa shape index (κ1) is 17.9. The van der Waals surface area contributed by atoms with Gasteiger partial charge in [0.1, 0.15) is 12.1 Å². The molecule has 0 aliphatic carbocycles. The van der Waals surface area contributed by atoms with Crippen molar-refractivity contribution in [2.75, 3.05) is 0 Å². The van der Waals surface area contributed by atoms with Crippen LogP contribution in [0.4, 0.5) is 13.2 Å². The first-order valence-corrected chi connectivity index (χ1v) is 7.57. The van der Waals surface area contributed by atoms with E-state index in [4.69, 9.17) is 6.42 Å². The molecule has 2 rings (SSSR count). The molecule has 0 saturated heterocycles. The van der Waals surface area contributed by atoms with E-state index in [0.717, 1.165) is 4.57 Å². The van der Waals surface area contributed by atoms with Crippen molar-refractivity contribution in [2.24, 2.45) is 0 Å².